The first kappa shape index (κ1) is 17.1. The van der Waals surface area contributed by atoms with Crippen molar-refractivity contribution in [3.8, 4) is 0 Å². The van der Waals surface area contributed by atoms with E-state index in [0.29, 0.717) is 0 Å². The van der Waals surface area contributed by atoms with Gasteiger partial charge in [0.25, 0.3) is 0 Å². The highest BCUT2D eigenvalue weighted by molar-refractivity contribution is 5.66. The second-order valence-corrected chi connectivity index (χ2v) is 5.72. The lowest BCUT2D eigenvalue weighted by Crippen LogP contribution is -2.59. The molecule has 0 radical (unpaired) electrons. The minimum atomic E-state index is -0.857. The summed E-state index contributed by atoms with van der Waals surface area (Å²) in [6.45, 7) is 6.02. The van der Waals surface area contributed by atoms with Gasteiger partial charge >= 0.3 is 11.9 Å². The maximum absolute atomic E-state index is 11.4. The molecule has 2 saturated heterocycles. The molecule has 126 valence electrons. The van der Waals surface area contributed by atoms with Gasteiger partial charge in [0.05, 0.1) is 0 Å². The van der Waals surface area contributed by atoms with Crippen molar-refractivity contribution in [3.05, 3.63) is 0 Å². The Balaban J connectivity index is 2.21. The Kier molecular flexibility index (Phi) is 5.06. The Morgan fingerprint density at radius 3 is 2.27 bits per heavy atom. The molecule has 0 bridgehead atoms. The van der Waals surface area contributed by atoms with Crippen LogP contribution >= 0.6 is 0 Å². The maximum atomic E-state index is 11.4. The van der Waals surface area contributed by atoms with Crippen LogP contribution < -0.4 is 0 Å². The van der Waals surface area contributed by atoms with E-state index in [1.807, 2.05) is 0 Å². The number of rotatable bonds is 4. The molecule has 0 aliphatic carbocycles. The summed E-state index contributed by atoms with van der Waals surface area (Å²) in [5, 5.41) is 0. The van der Waals surface area contributed by atoms with Crippen molar-refractivity contribution in [1.29, 1.82) is 0 Å². The predicted octanol–water partition coefficient (Wildman–Crippen LogP) is 0.373. The molecule has 0 spiro atoms. The van der Waals surface area contributed by atoms with E-state index in [4.69, 9.17) is 28.4 Å². The third-order valence-corrected chi connectivity index (χ3v) is 3.42. The van der Waals surface area contributed by atoms with E-state index in [0.717, 1.165) is 0 Å². The van der Waals surface area contributed by atoms with Gasteiger partial charge in [0.2, 0.25) is 0 Å². The smallest absolute Gasteiger partial charge is 0.303 e. The van der Waals surface area contributed by atoms with Gasteiger partial charge in [-0.2, -0.15) is 0 Å². The van der Waals surface area contributed by atoms with E-state index in [1.54, 1.807) is 13.8 Å². The molecule has 0 aromatic rings. The fourth-order valence-corrected chi connectivity index (χ4v) is 2.68. The topological polar surface area (TPSA) is 89.5 Å². The minimum absolute atomic E-state index is 0.0693. The van der Waals surface area contributed by atoms with Gasteiger partial charge < -0.3 is 28.4 Å². The molecule has 22 heavy (non-hydrogen) atoms. The third kappa shape index (κ3) is 3.75. The SMILES string of the molecule is CO[C@H]1O[C@H](COC(C)=O)[C@@H](OC(C)=O)[C@@H]2OC(C)(C)O[C@H]12. The number of methoxy groups -OCH3 is 1. The minimum Gasteiger partial charge on any atom is -0.463 e. The van der Waals surface area contributed by atoms with Crippen LogP contribution in [0.1, 0.15) is 27.7 Å². The van der Waals surface area contributed by atoms with Crippen LogP contribution in [0.2, 0.25) is 0 Å². The Morgan fingerprint density at radius 1 is 1.09 bits per heavy atom. The van der Waals surface area contributed by atoms with Crippen molar-refractivity contribution in [2.24, 2.45) is 0 Å². The number of hydrogen-bond acceptors (Lipinski definition) is 8. The van der Waals surface area contributed by atoms with E-state index >= 15 is 0 Å². The molecule has 2 fully saturated rings. The molecular formula is C14H22O8. The quantitative estimate of drug-likeness (QED) is 0.687. The van der Waals surface area contributed by atoms with Crippen molar-refractivity contribution in [3.63, 3.8) is 0 Å². The van der Waals surface area contributed by atoms with Crippen LogP contribution in [-0.4, -0.2) is 62.1 Å². The Morgan fingerprint density at radius 2 is 1.73 bits per heavy atom. The zero-order valence-corrected chi connectivity index (χ0v) is 13.4. The summed E-state index contributed by atoms with van der Waals surface area (Å²) < 4.78 is 32.9. The lowest BCUT2D eigenvalue weighted by molar-refractivity contribution is -0.276. The highest BCUT2D eigenvalue weighted by Gasteiger charge is 2.57. The molecule has 0 unspecified atom stereocenters. The number of hydrogen-bond donors (Lipinski definition) is 0. The molecule has 0 amide bonds. The van der Waals surface area contributed by atoms with Crippen LogP contribution in [0.4, 0.5) is 0 Å². The van der Waals surface area contributed by atoms with Crippen LogP contribution in [0.5, 0.6) is 0 Å². The molecule has 0 aromatic carbocycles. The molecule has 2 rings (SSSR count). The Bertz CT molecular complexity index is 435. The van der Waals surface area contributed by atoms with Crippen LogP contribution in [0, 0.1) is 0 Å². The van der Waals surface area contributed by atoms with Gasteiger partial charge in [0.15, 0.2) is 18.2 Å². The molecule has 2 heterocycles. The number of carbonyl (C=O) groups is 2. The van der Waals surface area contributed by atoms with Gasteiger partial charge in [0, 0.05) is 21.0 Å². The average Bonchev–Trinajstić information content (AvgIpc) is 2.72. The van der Waals surface area contributed by atoms with E-state index in [1.165, 1.54) is 21.0 Å². The standard InChI is InChI=1S/C14H22O8/c1-7(15)18-6-9-10(19-8(2)16)11-12(13(17-5)20-9)22-14(3,4)21-11/h9-13H,6H2,1-5H3/t9-,10-,11+,12+,13+/m1/s1. The van der Waals surface area contributed by atoms with Gasteiger partial charge in [-0.3, -0.25) is 9.59 Å². The lowest BCUT2D eigenvalue weighted by atomic mass is 9.99. The average molecular weight is 318 g/mol. The summed E-state index contributed by atoms with van der Waals surface area (Å²) in [4.78, 5) is 22.4. The van der Waals surface area contributed by atoms with Crippen LogP contribution in [0.3, 0.4) is 0 Å². The Labute approximate surface area is 128 Å². The first-order chi connectivity index (χ1) is 10.2. The molecule has 2 aliphatic rings. The molecule has 2 aliphatic heterocycles. The normalized spacial score (nSPS) is 36.5. The second-order valence-electron chi connectivity index (χ2n) is 5.72. The molecule has 8 nitrogen and oxygen atoms in total. The van der Waals surface area contributed by atoms with E-state index in [9.17, 15) is 9.59 Å². The summed E-state index contributed by atoms with van der Waals surface area (Å²) >= 11 is 0. The van der Waals surface area contributed by atoms with E-state index in [-0.39, 0.29) is 6.61 Å². The first-order valence-electron chi connectivity index (χ1n) is 7.08. The predicted molar refractivity (Wildman–Crippen MR) is 71.7 cm³/mol. The van der Waals surface area contributed by atoms with Crippen molar-refractivity contribution in [2.75, 3.05) is 13.7 Å². The Hall–Kier alpha value is -1.22. The van der Waals surface area contributed by atoms with Crippen LogP contribution in [0.25, 0.3) is 0 Å². The largest absolute Gasteiger partial charge is 0.463 e. The molecule has 0 saturated carbocycles. The summed E-state index contributed by atoms with van der Waals surface area (Å²) in [5.41, 5.74) is 0. The van der Waals surface area contributed by atoms with Gasteiger partial charge in [0.1, 0.15) is 24.9 Å². The molecular weight excluding hydrogens is 296 g/mol. The van der Waals surface area contributed by atoms with Crippen molar-refractivity contribution in [2.45, 2.75) is 64.2 Å². The number of fused-ring (bicyclic) bond motifs is 1. The second kappa shape index (κ2) is 6.49. The number of carbonyl (C=O) groups excluding carboxylic acids is 2. The lowest BCUT2D eigenvalue weighted by Gasteiger charge is -2.40. The molecule has 0 N–H and O–H groups in total. The third-order valence-electron chi connectivity index (χ3n) is 3.42. The number of esters is 2. The summed E-state index contributed by atoms with van der Waals surface area (Å²) in [5.74, 6) is -1.79. The molecule has 8 heteroatoms. The van der Waals surface area contributed by atoms with E-state index < -0.39 is 48.4 Å². The van der Waals surface area contributed by atoms with Crippen molar-refractivity contribution >= 4 is 11.9 Å². The van der Waals surface area contributed by atoms with Gasteiger partial charge in [-0.25, -0.2) is 0 Å². The van der Waals surface area contributed by atoms with Crippen LogP contribution in [0.15, 0.2) is 0 Å². The monoisotopic (exact) mass is 318 g/mol. The molecule has 0 aromatic heterocycles. The summed E-state index contributed by atoms with van der Waals surface area (Å²) in [6.07, 6.45) is -3.28. The molecule has 5 atom stereocenters. The fourth-order valence-electron chi connectivity index (χ4n) is 2.68. The van der Waals surface area contributed by atoms with Crippen molar-refractivity contribution in [1.82, 2.24) is 0 Å². The highest BCUT2D eigenvalue weighted by atomic mass is 16.8. The van der Waals surface area contributed by atoms with Gasteiger partial charge in [-0.05, 0) is 13.8 Å². The summed E-state index contributed by atoms with van der Waals surface area (Å²) in [6, 6.07) is 0. The fraction of sp³-hybridized carbons (Fsp3) is 0.857. The maximum Gasteiger partial charge on any atom is 0.303 e. The van der Waals surface area contributed by atoms with Gasteiger partial charge in [-0.15, -0.1) is 0 Å². The zero-order valence-electron chi connectivity index (χ0n) is 13.4. The first-order valence-corrected chi connectivity index (χ1v) is 7.08. The van der Waals surface area contributed by atoms with Crippen LogP contribution in [-0.2, 0) is 38.0 Å². The van der Waals surface area contributed by atoms with E-state index in [2.05, 4.69) is 0 Å². The zero-order chi connectivity index (χ0) is 16.5. The highest BCUT2D eigenvalue weighted by Crippen LogP contribution is 2.38. The van der Waals surface area contributed by atoms with Crippen molar-refractivity contribution < 1.29 is 38.0 Å². The number of ether oxygens (including phenoxy) is 6. The van der Waals surface area contributed by atoms with Gasteiger partial charge in [-0.1, -0.05) is 0 Å². The summed E-state index contributed by atoms with van der Waals surface area (Å²) in [7, 11) is 1.48.